The third-order valence-electron chi connectivity index (χ3n) is 3.47. The number of carbonyl (C=O) groups excluding carboxylic acids is 1. The Balaban J connectivity index is 2.39. The fourth-order valence-electron chi connectivity index (χ4n) is 2.16. The van der Waals surface area contributed by atoms with Crippen LogP contribution in [0.1, 0.15) is 52.9 Å². The zero-order valence-corrected chi connectivity index (χ0v) is 10.8. The molecule has 1 rings (SSSR count). The Hall–Kier alpha value is -0.570. The molecule has 1 amide bonds. The maximum atomic E-state index is 11.9. The molecule has 3 heteroatoms. The number of nitrogens with zero attached hydrogens (tertiary/aromatic N) is 1. The summed E-state index contributed by atoms with van der Waals surface area (Å²) in [5, 5.41) is 9.17. The molecule has 1 aliphatic heterocycles. The van der Waals surface area contributed by atoms with E-state index in [0.717, 1.165) is 25.9 Å². The molecule has 0 saturated carbocycles. The molecular weight excluding hydrogens is 202 g/mol. The summed E-state index contributed by atoms with van der Waals surface area (Å²) in [4.78, 5) is 13.9. The van der Waals surface area contributed by atoms with Crippen LogP contribution in [0.4, 0.5) is 0 Å². The van der Waals surface area contributed by atoms with E-state index in [9.17, 15) is 4.79 Å². The minimum Gasteiger partial charge on any atom is -0.393 e. The second-order valence-electron chi connectivity index (χ2n) is 5.79. The highest BCUT2D eigenvalue weighted by Crippen LogP contribution is 2.29. The molecule has 1 N–H and O–H groups in total. The van der Waals surface area contributed by atoms with Gasteiger partial charge in [0, 0.05) is 19.5 Å². The van der Waals surface area contributed by atoms with Crippen molar-refractivity contribution in [3.05, 3.63) is 0 Å². The second kappa shape index (κ2) is 5.67. The SMILES string of the molecule is CC(O)CCC(=O)N1CCCC(C)(C)CC1. The molecular formula is C13H25NO2. The lowest BCUT2D eigenvalue weighted by Gasteiger charge is -2.23. The zero-order valence-electron chi connectivity index (χ0n) is 10.8. The first-order valence-corrected chi connectivity index (χ1v) is 6.36. The molecule has 94 valence electrons. The van der Waals surface area contributed by atoms with Crippen LogP contribution in [0.2, 0.25) is 0 Å². The van der Waals surface area contributed by atoms with Gasteiger partial charge in [0.15, 0.2) is 0 Å². The van der Waals surface area contributed by atoms with Crippen molar-refractivity contribution in [2.45, 2.75) is 59.0 Å². The molecule has 0 aliphatic carbocycles. The Morgan fingerprint density at radius 1 is 1.38 bits per heavy atom. The molecule has 16 heavy (non-hydrogen) atoms. The highest BCUT2D eigenvalue weighted by Gasteiger charge is 2.25. The van der Waals surface area contributed by atoms with Crippen LogP contribution in [-0.2, 0) is 4.79 Å². The van der Waals surface area contributed by atoms with E-state index in [1.54, 1.807) is 6.92 Å². The topological polar surface area (TPSA) is 40.5 Å². The van der Waals surface area contributed by atoms with Crippen LogP contribution in [0.3, 0.4) is 0 Å². The minimum atomic E-state index is -0.368. The summed E-state index contributed by atoms with van der Waals surface area (Å²) in [6.45, 7) is 8.06. The molecule has 0 radical (unpaired) electrons. The predicted molar refractivity (Wildman–Crippen MR) is 65.1 cm³/mol. The van der Waals surface area contributed by atoms with E-state index in [4.69, 9.17) is 5.11 Å². The van der Waals surface area contributed by atoms with Crippen molar-refractivity contribution in [3.63, 3.8) is 0 Å². The van der Waals surface area contributed by atoms with Gasteiger partial charge in [-0.2, -0.15) is 0 Å². The van der Waals surface area contributed by atoms with Crippen LogP contribution in [0, 0.1) is 5.41 Å². The number of rotatable bonds is 3. The van der Waals surface area contributed by atoms with Crippen LogP contribution in [-0.4, -0.2) is 35.1 Å². The van der Waals surface area contributed by atoms with Crippen LogP contribution in [0.15, 0.2) is 0 Å². The summed E-state index contributed by atoms with van der Waals surface area (Å²) in [6.07, 6.45) is 4.09. The monoisotopic (exact) mass is 227 g/mol. The van der Waals surface area contributed by atoms with E-state index in [1.165, 1.54) is 6.42 Å². The van der Waals surface area contributed by atoms with Gasteiger partial charge in [0.05, 0.1) is 6.10 Å². The van der Waals surface area contributed by atoms with Crippen molar-refractivity contribution in [1.82, 2.24) is 4.90 Å². The number of carbonyl (C=O) groups is 1. The Morgan fingerprint density at radius 3 is 2.69 bits per heavy atom. The molecule has 0 aromatic rings. The van der Waals surface area contributed by atoms with Crippen molar-refractivity contribution in [1.29, 1.82) is 0 Å². The number of amides is 1. The van der Waals surface area contributed by atoms with Gasteiger partial charge in [-0.3, -0.25) is 4.79 Å². The molecule has 0 aromatic carbocycles. The summed E-state index contributed by atoms with van der Waals surface area (Å²) in [7, 11) is 0. The average Bonchev–Trinajstić information content (AvgIpc) is 2.35. The zero-order chi connectivity index (χ0) is 12.2. The lowest BCUT2D eigenvalue weighted by Crippen LogP contribution is -2.32. The number of aliphatic hydroxyl groups excluding tert-OH is 1. The third-order valence-corrected chi connectivity index (χ3v) is 3.47. The smallest absolute Gasteiger partial charge is 0.222 e. The van der Waals surface area contributed by atoms with Gasteiger partial charge >= 0.3 is 0 Å². The van der Waals surface area contributed by atoms with Gasteiger partial charge in [-0.25, -0.2) is 0 Å². The fraction of sp³-hybridized carbons (Fsp3) is 0.923. The summed E-state index contributed by atoms with van der Waals surface area (Å²) < 4.78 is 0. The lowest BCUT2D eigenvalue weighted by atomic mass is 9.85. The van der Waals surface area contributed by atoms with Gasteiger partial charge in [0.25, 0.3) is 0 Å². The number of hydrogen-bond acceptors (Lipinski definition) is 2. The standard InChI is InChI=1S/C13H25NO2/c1-11(15)5-6-12(16)14-9-4-7-13(2,3)8-10-14/h11,15H,4-10H2,1-3H3. The van der Waals surface area contributed by atoms with Crippen LogP contribution >= 0.6 is 0 Å². The molecule has 1 atom stereocenters. The van der Waals surface area contributed by atoms with Crippen molar-refractivity contribution in [2.75, 3.05) is 13.1 Å². The Morgan fingerprint density at radius 2 is 2.06 bits per heavy atom. The predicted octanol–water partition coefficient (Wildman–Crippen LogP) is 2.19. The van der Waals surface area contributed by atoms with E-state index < -0.39 is 0 Å². The van der Waals surface area contributed by atoms with Crippen LogP contribution < -0.4 is 0 Å². The van der Waals surface area contributed by atoms with Crippen LogP contribution in [0.5, 0.6) is 0 Å². The van der Waals surface area contributed by atoms with Crippen molar-refractivity contribution < 1.29 is 9.90 Å². The van der Waals surface area contributed by atoms with Crippen molar-refractivity contribution in [3.8, 4) is 0 Å². The van der Waals surface area contributed by atoms with E-state index in [-0.39, 0.29) is 12.0 Å². The molecule has 3 nitrogen and oxygen atoms in total. The minimum absolute atomic E-state index is 0.207. The van der Waals surface area contributed by atoms with Crippen molar-refractivity contribution >= 4 is 5.91 Å². The first-order chi connectivity index (χ1) is 7.41. The fourth-order valence-corrected chi connectivity index (χ4v) is 2.16. The number of aliphatic hydroxyl groups is 1. The average molecular weight is 227 g/mol. The van der Waals surface area contributed by atoms with Crippen LogP contribution in [0.25, 0.3) is 0 Å². The lowest BCUT2D eigenvalue weighted by molar-refractivity contribution is -0.131. The molecule has 1 saturated heterocycles. The summed E-state index contributed by atoms with van der Waals surface area (Å²) in [5.41, 5.74) is 0.374. The molecule has 1 heterocycles. The molecule has 0 aromatic heterocycles. The van der Waals surface area contributed by atoms with Gasteiger partial charge in [0.2, 0.25) is 5.91 Å². The van der Waals surface area contributed by atoms with Gasteiger partial charge in [-0.15, -0.1) is 0 Å². The number of hydrogen-bond donors (Lipinski definition) is 1. The highest BCUT2D eigenvalue weighted by molar-refractivity contribution is 5.76. The second-order valence-corrected chi connectivity index (χ2v) is 5.79. The van der Waals surface area contributed by atoms with Crippen molar-refractivity contribution in [2.24, 2.45) is 5.41 Å². The van der Waals surface area contributed by atoms with Gasteiger partial charge in [-0.1, -0.05) is 13.8 Å². The van der Waals surface area contributed by atoms with E-state index in [1.807, 2.05) is 4.90 Å². The first-order valence-electron chi connectivity index (χ1n) is 6.36. The summed E-state index contributed by atoms with van der Waals surface area (Å²) in [5.74, 6) is 0.207. The van der Waals surface area contributed by atoms with Gasteiger partial charge in [-0.05, 0) is 38.0 Å². The Labute approximate surface area is 98.8 Å². The molecule has 1 aliphatic rings. The molecule has 1 fully saturated rings. The Kier molecular flexibility index (Phi) is 4.78. The summed E-state index contributed by atoms with van der Waals surface area (Å²) >= 11 is 0. The molecule has 0 spiro atoms. The maximum absolute atomic E-state index is 11.9. The van der Waals surface area contributed by atoms with Gasteiger partial charge in [0.1, 0.15) is 0 Å². The maximum Gasteiger partial charge on any atom is 0.222 e. The highest BCUT2D eigenvalue weighted by atomic mass is 16.3. The quantitative estimate of drug-likeness (QED) is 0.803. The number of likely N-dealkylation sites (tertiary alicyclic amines) is 1. The molecule has 0 bridgehead atoms. The Bertz CT molecular complexity index is 236. The van der Waals surface area contributed by atoms with E-state index >= 15 is 0 Å². The molecule has 1 unspecified atom stereocenters. The van der Waals surface area contributed by atoms with E-state index in [2.05, 4.69) is 13.8 Å². The van der Waals surface area contributed by atoms with E-state index in [0.29, 0.717) is 18.3 Å². The van der Waals surface area contributed by atoms with Gasteiger partial charge < -0.3 is 10.0 Å². The summed E-state index contributed by atoms with van der Waals surface area (Å²) in [6, 6.07) is 0. The first kappa shape index (κ1) is 13.5. The largest absolute Gasteiger partial charge is 0.393 e. The normalized spacial score (nSPS) is 22.6. The third kappa shape index (κ3) is 4.52.